The van der Waals surface area contributed by atoms with Gasteiger partial charge in [-0.2, -0.15) is 13.2 Å². The zero-order valence-electron chi connectivity index (χ0n) is 12.3. The molecule has 1 aromatic carbocycles. The molecule has 22 heavy (non-hydrogen) atoms. The Morgan fingerprint density at radius 3 is 2.27 bits per heavy atom. The van der Waals surface area contributed by atoms with Gasteiger partial charge in [-0.1, -0.05) is 12.1 Å². The van der Waals surface area contributed by atoms with Gasteiger partial charge in [0.2, 0.25) is 5.91 Å². The second kappa shape index (κ2) is 7.79. The summed E-state index contributed by atoms with van der Waals surface area (Å²) < 4.78 is 35.9. The zero-order chi connectivity index (χ0) is 16.8. The Balaban J connectivity index is 2.46. The average Bonchev–Trinajstić information content (AvgIpc) is 2.44. The number of benzene rings is 1. The summed E-state index contributed by atoms with van der Waals surface area (Å²) in [6.45, 7) is -1.10. The third-order valence-corrected chi connectivity index (χ3v) is 2.80. The predicted octanol–water partition coefficient (Wildman–Crippen LogP) is 1.16. The van der Waals surface area contributed by atoms with Gasteiger partial charge in [0, 0.05) is 19.2 Å². The van der Waals surface area contributed by atoms with Crippen molar-refractivity contribution in [3.63, 3.8) is 0 Å². The number of nitrogens with zero attached hydrogens (tertiary/aromatic N) is 1. The zero-order valence-corrected chi connectivity index (χ0v) is 12.3. The number of hydrogen-bond donors (Lipinski definition) is 2. The Hall–Kier alpha value is -2.09. The predicted molar refractivity (Wildman–Crippen MR) is 75.2 cm³/mol. The number of rotatable bonds is 6. The number of amides is 2. The van der Waals surface area contributed by atoms with Gasteiger partial charge in [0.05, 0.1) is 6.54 Å². The molecule has 1 aromatic rings. The van der Waals surface area contributed by atoms with E-state index in [9.17, 15) is 22.8 Å². The minimum atomic E-state index is -4.41. The van der Waals surface area contributed by atoms with E-state index in [1.165, 1.54) is 7.05 Å². The van der Waals surface area contributed by atoms with Crippen LogP contribution in [0.3, 0.4) is 0 Å². The van der Waals surface area contributed by atoms with Crippen molar-refractivity contribution in [3.8, 4) is 0 Å². The van der Waals surface area contributed by atoms with Crippen molar-refractivity contribution in [2.24, 2.45) is 0 Å². The third kappa shape index (κ3) is 6.57. The van der Waals surface area contributed by atoms with E-state index in [1.54, 1.807) is 36.2 Å². The molecular formula is C14H18F3N3O2. The number of likely N-dealkylation sites (N-methyl/N-ethyl adjacent to an activating group) is 1. The van der Waals surface area contributed by atoms with Crippen molar-refractivity contribution < 1.29 is 22.8 Å². The summed E-state index contributed by atoms with van der Waals surface area (Å²) in [5.41, 5.74) is 1.36. The molecule has 8 heteroatoms. The molecule has 0 aliphatic heterocycles. The van der Waals surface area contributed by atoms with Gasteiger partial charge in [0.25, 0.3) is 5.91 Å². The van der Waals surface area contributed by atoms with Gasteiger partial charge >= 0.3 is 6.18 Å². The molecule has 0 saturated heterocycles. The van der Waals surface area contributed by atoms with Crippen LogP contribution < -0.4 is 10.6 Å². The van der Waals surface area contributed by atoms with Crippen LogP contribution in [0.4, 0.5) is 13.2 Å². The summed E-state index contributed by atoms with van der Waals surface area (Å²) in [5, 5.41) is 4.31. The van der Waals surface area contributed by atoms with Crippen LogP contribution in [0.15, 0.2) is 24.3 Å². The lowest BCUT2D eigenvalue weighted by Gasteiger charge is -2.17. The molecule has 1 rings (SSSR count). The first kappa shape index (κ1) is 18.0. The number of halogens is 3. The van der Waals surface area contributed by atoms with Gasteiger partial charge in [-0.15, -0.1) is 0 Å². The Kier molecular flexibility index (Phi) is 6.36. The molecule has 0 bridgehead atoms. The molecular weight excluding hydrogens is 299 g/mol. The summed E-state index contributed by atoms with van der Waals surface area (Å²) in [6.07, 6.45) is -4.41. The number of nitrogens with one attached hydrogen (secondary N) is 2. The highest BCUT2D eigenvalue weighted by Crippen LogP contribution is 2.12. The molecule has 0 aliphatic carbocycles. The normalized spacial score (nSPS) is 11.4. The second-order valence-corrected chi connectivity index (χ2v) is 4.84. The highest BCUT2D eigenvalue weighted by molar-refractivity contribution is 5.93. The SMILES string of the molecule is CNC(=O)c1ccc(CN(C)CC(=O)NCC(F)(F)F)cc1. The molecule has 0 radical (unpaired) electrons. The fourth-order valence-electron chi connectivity index (χ4n) is 1.77. The smallest absolute Gasteiger partial charge is 0.355 e. The maximum atomic E-state index is 12.0. The highest BCUT2D eigenvalue weighted by Gasteiger charge is 2.27. The van der Waals surface area contributed by atoms with Crippen LogP contribution in [0.25, 0.3) is 0 Å². The van der Waals surface area contributed by atoms with Gasteiger partial charge in [0.1, 0.15) is 6.54 Å². The van der Waals surface area contributed by atoms with Gasteiger partial charge in [-0.25, -0.2) is 0 Å². The van der Waals surface area contributed by atoms with Gasteiger partial charge in [0.15, 0.2) is 0 Å². The molecule has 0 atom stereocenters. The van der Waals surface area contributed by atoms with E-state index in [2.05, 4.69) is 5.32 Å². The van der Waals surface area contributed by atoms with Crippen LogP contribution in [-0.4, -0.2) is 50.1 Å². The molecule has 0 aliphatic rings. The average molecular weight is 317 g/mol. The molecule has 0 spiro atoms. The fourth-order valence-corrected chi connectivity index (χ4v) is 1.77. The minimum Gasteiger partial charge on any atom is -0.355 e. The van der Waals surface area contributed by atoms with E-state index in [-0.39, 0.29) is 12.5 Å². The lowest BCUT2D eigenvalue weighted by Crippen LogP contribution is -2.39. The maximum absolute atomic E-state index is 12.0. The third-order valence-electron chi connectivity index (χ3n) is 2.80. The topological polar surface area (TPSA) is 61.4 Å². The maximum Gasteiger partial charge on any atom is 0.405 e. The van der Waals surface area contributed by atoms with E-state index in [4.69, 9.17) is 0 Å². The standard InChI is InChI=1S/C14H18F3N3O2/c1-18-13(22)11-5-3-10(4-6-11)7-20(2)8-12(21)19-9-14(15,16)17/h3-6H,7-9H2,1-2H3,(H,18,22)(H,19,21). The first-order chi connectivity index (χ1) is 10.2. The van der Waals surface area contributed by atoms with Crippen LogP contribution in [-0.2, 0) is 11.3 Å². The summed E-state index contributed by atoms with van der Waals surface area (Å²) in [5.74, 6) is -0.895. The highest BCUT2D eigenvalue weighted by atomic mass is 19.4. The van der Waals surface area contributed by atoms with Gasteiger partial charge in [-0.05, 0) is 24.7 Å². The van der Waals surface area contributed by atoms with E-state index < -0.39 is 18.6 Å². The van der Waals surface area contributed by atoms with Crippen LogP contribution in [0.5, 0.6) is 0 Å². The van der Waals surface area contributed by atoms with Gasteiger partial charge in [-0.3, -0.25) is 14.5 Å². The van der Waals surface area contributed by atoms with Crippen LogP contribution in [0.2, 0.25) is 0 Å². The van der Waals surface area contributed by atoms with Crippen LogP contribution >= 0.6 is 0 Å². The van der Waals surface area contributed by atoms with Crippen molar-refractivity contribution in [1.29, 1.82) is 0 Å². The molecule has 0 heterocycles. The Morgan fingerprint density at radius 2 is 1.77 bits per heavy atom. The summed E-state index contributed by atoms with van der Waals surface area (Å²) in [4.78, 5) is 24.3. The van der Waals surface area contributed by atoms with Crippen molar-refractivity contribution in [3.05, 3.63) is 35.4 Å². The number of hydrogen-bond acceptors (Lipinski definition) is 3. The molecule has 0 fully saturated rings. The number of carbonyl (C=O) groups is 2. The lowest BCUT2D eigenvalue weighted by molar-refractivity contribution is -0.138. The van der Waals surface area contributed by atoms with Crippen LogP contribution in [0, 0.1) is 0 Å². The van der Waals surface area contributed by atoms with Crippen molar-refractivity contribution >= 4 is 11.8 Å². The number of carbonyl (C=O) groups excluding carboxylic acids is 2. The first-order valence-corrected chi connectivity index (χ1v) is 6.54. The largest absolute Gasteiger partial charge is 0.405 e. The van der Waals surface area contributed by atoms with E-state index >= 15 is 0 Å². The minimum absolute atomic E-state index is 0.146. The first-order valence-electron chi connectivity index (χ1n) is 6.54. The summed E-state index contributed by atoms with van der Waals surface area (Å²) in [6, 6.07) is 6.75. The molecule has 0 unspecified atom stereocenters. The van der Waals surface area contributed by atoms with Crippen molar-refractivity contribution in [1.82, 2.24) is 15.5 Å². The Morgan fingerprint density at radius 1 is 1.18 bits per heavy atom. The fraction of sp³-hybridized carbons (Fsp3) is 0.429. The van der Waals surface area contributed by atoms with Gasteiger partial charge < -0.3 is 10.6 Å². The molecule has 122 valence electrons. The van der Waals surface area contributed by atoms with Crippen LogP contribution in [0.1, 0.15) is 15.9 Å². The Labute approximate surface area is 126 Å². The molecule has 2 amide bonds. The van der Waals surface area contributed by atoms with Crippen molar-refractivity contribution in [2.75, 3.05) is 27.2 Å². The van der Waals surface area contributed by atoms with E-state index in [0.717, 1.165) is 5.56 Å². The molecule has 5 nitrogen and oxygen atoms in total. The molecule has 0 aromatic heterocycles. The van der Waals surface area contributed by atoms with E-state index in [0.29, 0.717) is 12.1 Å². The molecule has 0 saturated carbocycles. The van der Waals surface area contributed by atoms with E-state index in [1.807, 2.05) is 5.32 Å². The Bertz CT molecular complexity index is 515. The molecule has 2 N–H and O–H groups in total. The quantitative estimate of drug-likeness (QED) is 0.827. The number of alkyl halides is 3. The second-order valence-electron chi connectivity index (χ2n) is 4.84. The lowest BCUT2D eigenvalue weighted by atomic mass is 10.1. The summed E-state index contributed by atoms with van der Waals surface area (Å²) >= 11 is 0. The summed E-state index contributed by atoms with van der Waals surface area (Å²) in [7, 11) is 3.16. The monoisotopic (exact) mass is 317 g/mol. The van der Waals surface area contributed by atoms with Crippen molar-refractivity contribution in [2.45, 2.75) is 12.7 Å².